The molecule has 46 heavy (non-hydrogen) atoms. The maximum absolute atomic E-state index is 11.0. The second-order valence-electron chi connectivity index (χ2n) is 12.8. The number of aromatic carboxylic acids is 1. The van der Waals surface area contributed by atoms with Crippen LogP contribution in [0.2, 0.25) is 0 Å². The second kappa shape index (κ2) is 31.3. The van der Waals surface area contributed by atoms with E-state index in [1.165, 1.54) is 141 Å². The summed E-state index contributed by atoms with van der Waals surface area (Å²) in [6.45, 7) is 2.29. The number of carboxylic acids is 2. The highest BCUT2D eigenvalue weighted by Crippen LogP contribution is 2.24. The first-order valence-corrected chi connectivity index (χ1v) is 19.7. The Morgan fingerprint density at radius 2 is 0.870 bits per heavy atom. The van der Waals surface area contributed by atoms with E-state index in [0.717, 1.165) is 23.3 Å². The molecule has 2 rings (SSSR count). The van der Waals surface area contributed by atoms with Gasteiger partial charge in [0.25, 0.3) is 0 Å². The summed E-state index contributed by atoms with van der Waals surface area (Å²) in [4.78, 5) is 22.6. The molecule has 0 aliphatic heterocycles. The van der Waals surface area contributed by atoms with Crippen molar-refractivity contribution in [2.24, 2.45) is 0 Å². The minimum Gasteiger partial charge on any atom is -0.481 e. The molecular weight excluding hydrogens is 589 g/mol. The molecule has 0 saturated carbocycles. The van der Waals surface area contributed by atoms with Crippen LogP contribution in [0.4, 0.5) is 0 Å². The molecule has 2 aromatic carbocycles. The fourth-order valence-electron chi connectivity index (χ4n) is 5.77. The summed E-state index contributed by atoms with van der Waals surface area (Å²) < 4.78 is 0. The van der Waals surface area contributed by atoms with E-state index in [0.29, 0.717) is 17.7 Å². The molecule has 0 amide bonds. The van der Waals surface area contributed by atoms with Gasteiger partial charge in [0.05, 0.1) is 5.56 Å². The van der Waals surface area contributed by atoms with Crippen LogP contribution in [0.1, 0.15) is 183 Å². The van der Waals surface area contributed by atoms with E-state index >= 15 is 0 Å². The maximum Gasteiger partial charge on any atom is 0.335 e. The van der Waals surface area contributed by atoms with Crippen LogP contribution in [0.5, 0.6) is 0 Å². The quantitative estimate of drug-likeness (QED) is 0.0674. The number of aliphatic carboxylic acids is 1. The van der Waals surface area contributed by atoms with Gasteiger partial charge < -0.3 is 10.2 Å². The van der Waals surface area contributed by atoms with Crippen molar-refractivity contribution in [3.05, 3.63) is 65.7 Å². The number of unbranched alkanes of at least 4 members (excludes halogenated alkanes) is 23. The van der Waals surface area contributed by atoms with Crippen molar-refractivity contribution in [2.75, 3.05) is 0 Å². The number of hydrogen-bond donors (Lipinski definition) is 2. The van der Waals surface area contributed by atoms with Crippen LogP contribution >= 0.6 is 11.8 Å². The number of thioether (sulfide) groups is 1. The lowest BCUT2D eigenvalue weighted by atomic mass is 10.0. The highest BCUT2D eigenvalue weighted by molar-refractivity contribution is 7.98. The smallest absolute Gasteiger partial charge is 0.335 e. The average Bonchev–Trinajstić information content (AvgIpc) is 3.06. The van der Waals surface area contributed by atoms with Crippen LogP contribution in [0, 0.1) is 0 Å². The van der Waals surface area contributed by atoms with Gasteiger partial charge in [-0.25, -0.2) is 4.79 Å². The SMILES string of the molecule is CCCCCCCCCCCCCCCCCCCCCCCCCCC(=O)O.O=C(O)c1ccccc1CSc1ccccc1. The van der Waals surface area contributed by atoms with E-state index in [9.17, 15) is 9.59 Å². The average molecular weight is 655 g/mol. The van der Waals surface area contributed by atoms with Crippen molar-refractivity contribution in [1.29, 1.82) is 0 Å². The molecule has 0 fully saturated rings. The highest BCUT2D eigenvalue weighted by Gasteiger charge is 2.08. The topological polar surface area (TPSA) is 74.6 Å². The van der Waals surface area contributed by atoms with E-state index in [4.69, 9.17) is 10.2 Å². The van der Waals surface area contributed by atoms with Crippen molar-refractivity contribution < 1.29 is 19.8 Å². The molecule has 2 N–H and O–H groups in total. The van der Waals surface area contributed by atoms with Gasteiger partial charge in [0.1, 0.15) is 0 Å². The highest BCUT2D eigenvalue weighted by atomic mass is 32.2. The fourth-order valence-corrected chi connectivity index (χ4v) is 6.69. The standard InChI is InChI=1S/C27H54O2.C14H12O2S/c1-2-3-4-5-6-7-8-9-10-11-12-13-14-15-16-17-18-19-20-21-22-23-24-25-26-27(28)29;15-14(16)13-9-5-4-6-11(13)10-17-12-7-2-1-3-8-12/h2-26H2,1H3,(H,28,29);1-9H,10H2,(H,15,16). The molecule has 0 radical (unpaired) electrons. The first kappa shape index (κ1) is 41.8. The van der Waals surface area contributed by atoms with Crippen LogP contribution in [-0.2, 0) is 10.5 Å². The first-order chi connectivity index (χ1) is 22.5. The Hall–Kier alpha value is -2.27. The number of hydrogen-bond acceptors (Lipinski definition) is 3. The zero-order chi connectivity index (χ0) is 33.3. The third kappa shape index (κ3) is 25.9. The Bertz CT molecular complexity index is 977. The second-order valence-corrected chi connectivity index (χ2v) is 13.9. The minimum absolute atomic E-state index is 0.346. The van der Waals surface area contributed by atoms with Gasteiger partial charge in [-0.15, -0.1) is 11.8 Å². The van der Waals surface area contributed by atoms with Crippen LogP contribution in [0.15, 0.2) is 59.5 Å². The Labute approximate surface area is 286 Å². The molecule has 2 aromatic rings. The Morgan fingerprint density at radius 3 is 1.26 bits per heavy atom. The third-order valence-electron chi connectivity index (χ3n) is 8.63. The van der Waals surface area contributed by atoms with Crippen LogP contribution in [0.25, 0.3) is 0 Å². The van der Waals surface area contributed by atoms with Gasteiger partial charge in [0.15, 0.2) is 0 Å². The Balaban J connectivity index is 0.000000522. The summed E-state index contributed by atoms with van der Waals surface area (Å²) in [5.41, 5.74) is 1.24. The van der Waals surface area contributed by atoms with Crippen molar-refractivity contribution in [1.82, 2.24) is 0 Å². The molecule has 0 spiro atoms. The number of benzene rings is 2. The van der Waals surface area contributed by atoms with Crippen LogP contribution in [0.3, 0.4) is 0 Å². The molecule has 0 aliphatic carbocycles. The van der Waals surface area contributed by atoms with Crippen molar-refractivity contribution in [2.45, 2.75) is 178 Å². The Kier molecular flexibility index (Phi) is 28.4. The molecule has 0 aliphatic rings. The first-order valence-electron chi connectivity index (χ1n) is 18.8. The Morgan fingerprint density at radius 1 is 0.500 bits per heavy atom. The van der Waals surface area contributed by atoms with Gasteiger partial charge in [-0.05, 0) is 30.2 Å². The summed E-state index contributed by atoms with van der Waals surface area (Å²) in [5, 5.41) is 17.6. The normalized spacial score (nSPS) is 10.8. The van der Waals surface area contributed by atoms with E-state index in [-0.39, 0.29) is 0 Å². The molecule has 5 heteroatoms. The molecule has 4 nitrogen and oxygen atoms in total. The van der Waals surface area contributed by atoms with Crippen LogP contribution in [-0.4, -0.2) is 22.2 Å². The van der Waals surface area contributed by atoms with E-state index in [1.54, 1.807) is 23.9 Å². The minimum atomic E-state index is -0.866. The van der Waals surface area contributed by atoms with Gasteiger partial charge in [0.2, 0.25) is 0 Å². The number of carboxylic acid groups (broad SMARTS) is 2. The van der Waals surface area contributed by atoms with Crippen molar-refractivity contribution in [3.8, 4) is 0 Å². The third-order valence-corrected chi connectivity index (χ3v) is 9.69. The number of rotatable bonds is 29. The summed E-state index contributed by atoms with van der Waals surface area (Å²) in [6, 6.07) is 17.1. The predicted octanol–water partition coefficient (Wildman–Crippen LogP) is 13.5. The van der Waals surface area contributed by atoms with Gasteiger partial charge in [-0.2, -0.15) is 0 Å². The number of carbonyl (C=O) groups is 2. The lowest BCUT2D eigenvalue weighted by Gasteiger charge is -2.05. The molecule has 0 saturated heterocycles. The summed E-state index contributed by atoms with van der Waals surface area (Å²) in [6.07, 6.45) is 33.5. The molecule has 260 valence electrons. The molecule has 0 heterocycles. The molecule has 0 aromatic heterocycles. The lowest BCUT2D eigenvalue weighted by molar-refractivity contribution is -0.137. The van der Waals surface area contributed by atoms with Crippen molar-refractivity contribution >= 4 is 23.7 Å². The van der Waals surface area contributed by atoms with Gasteiger partial charge in [-0.3, -0.25) is 4.79 Å². The van der Waals surface area contributed by atoms with E-state index in [1.807, 2.05) is 42.5 Å². The van der Waals surface area contributed by atoms with E-state index in [2.05, 4.69) is 6.92 Å². The predicted molar refractivity (Wildman–Crippen MR) is 198 cm³/mol. The van der Waals surface area contributed by atoms with Crippen LogP contribution < -0.4 is 0 Å². The molecular formula is C41H66O4S. The molecule has 0 bridgehead atoms. The zero-order valence-corrected chi connectivity index (χ0v) is 30.0. The molecule has 0 unspecified atom stereocenters. The van der Waals surface area contributed by atoms with Gasteiger partial charge in [0, 0.05) is 17.1 Å². The summed E-state index contributed by atoms with van der Waals surface area (Å²) in [7, 11) is 0. The zero-order valence-electron chi connectivity index (χ0n) is 29.2. The maximum atomic E-state index is 11.0. The summed E-state index contributed by atoms with van der Waals surface area (Å²) in [5.74, 6) is -0.843. The summed E-state index contributed by atoms with van der Waals surface area (Å²) >= 11 is 1.64. The lowest BCUT2D eigenvalue weighted by Crippen LogP contribution is -2.00. The fraction of sp³-hybridized carbons (Fsp3) is 0.659. The van der Waals surface area contributed by atoms with E-state index < -0.39 is 11.9 Å². The van der Waals surface area contributed by atoms with Crippen molar-refractivity contribution in [3.63, 3.8) is 0 Å². The largest absolute Gasteiger partial charge is 0.481 e. The van der Waals surface area contributed by atoms with Gasteiger partial charge in [-0.1, -0.05) is 191 Å². The molecule has 0 atom stereocenters. The monoisotopic (exact) mass is 654 g/mol. The van der Waals surface area contributed by atoms with Gasteiger partial charge >= 0.3 is 11.9 Å².